The summed E-state index contributed by atoms with van der Waals surface area (Å²) in [4.78, 5) is 1.82. The number of rotatable bonds is 9. The van der Waals surface area contributed by atoms with E-state index in [0.29, 0.717) is 5.65 Å². The summed E-state index contributed by atoms with van der Waals surface area (Å²) in [6.07, 6.45) is 5.48. The Hall–Kier alpha value is 0.595. The highest BCUT2D eigenvalue weighted by Gasteiger charge is 2.28. The van der Waals surface area contributed by atoms with E-state index in [4.69, 9.17) is 6.85 Å². The molecule has 88 valence electrons. The maximum absolute atomic E-state index is 7.13. The number of hydrogen-bond donors (Lipinski definition) is 0. The Morgan fingerprint density at radius 1 is 1.80 bits per heavy atom. The zero-order valence-corrected chi connectivity index (χ0v) is 12.2. The molecule has 0 aromatic rings. The van der Waals surface area contributed by atoms with Crippen LogP contribution in [0.3, 0.4) is 0 Å². The second kappa shape index (κ2) is 8.71. The molecule has 0 spiro atoms. The summed E-state index contributed by atoms with van der Waals surface area (Å²) < 4.78 is 20.0. The molecule has 1 atom stereocenters. The molecule has 0 N–H and O–H groups in total. The van der Waals surface area contributed by atoms with Gasteiger partial charge in [-0.1, -0.05) is 49.5 Å². The van der Waals surface area contributed by atoms with Gasteiger partial charge in [0.05, 0.1) is 6.10 Å². The number of halogens is 1. The van der Waals surface area contributed by atoms with Crippen molar-refractivity contribution in [2.45, 2.75) is 46.1 Å². The van der Waals surface area contributed by atoms with Crippen molar-refractivity contribution in [1.82, 2.24) is 0 Å². The van der Waals surface area contributed by atoms with Crippen LogP contribution in [0.2, 0.25) is 0 Å². The van der Waals surface area contributed by atoms with Crippen LogP contribution in [0.15, 0.2) is 11.1 Å². The summed E-state index contributed by atoms with van der Waals surface area (Å²) in [5.41, 5.74) is 0.462. The van der Waals surface area contributed by atoms with Crippen LogP contribution < -0.4 is 0 Å². The molecule has 0 fully saturated rings. The summed E-state index contributed by atoms with van der Waals surface area (Å²) in [5.74, 6) is 0. The Morgan fingerprint density at radius 3 is 3.07 bits per heavy atom. The molecule has 0 saturated heterocycles. The maximum Gasteiger partial charge on any atom is 0.117 e. The van der Waals surface area contributed by atoms with Crippen LogP contribution in [0.1, 0.15) is 40.0 Å². The second-order valence-electron chi connectivity index (χ2n) is 4.21. The Labute approximate surface area is 111 Å². The number of hydrogen-bond acceptors (Lipinski definition) is 2. The molecule has 0 radical (unpaired) electrons. The first kappa shape index (κ1) is 12.1. The second-order valence-corrected chi connectivity index (χ2v) is 5.50. The van der Waals surface area contributed by atoms with E-state index in [0.717, 1.165) is 6.42 Å². The molecule has 0 saturated carbocycles. The third-order valence-corrected chi connectivity index (χ3v) is 3.22. The molecule has 0 aromatic heterocycles. The molecule has 0 aromatic carbocycles. The van der Waals surface area contributed by atoms with E-state index in [9.17, 15) is 0 Å². The third kappa shape index (κ3) is 6.70. The zero-order valence-electron chi connectivity index (χ0n) is 11.8. The van der Waals surface area contributed by atoms with Gasteiger partial charge in [0.25, 0.3) is 0 Å². The van der Waals surface area contributed by atoms with Crippen molar-refractivity contribution in [2.75, 3.05) is 5.65 Å². The average Bonchev–Trinajstić information content (AvgIpc) is 2.25. The first-order valence-corrected chi connectivity index (χ1v) is 7.16. The van der Waals surface area contributed by atoms with Crippen LogP contribution in [0.4, 0.5) is 0 Å². The van der Waals surface area contributed by atoms with Crippen molar-refractivity contribution < 1.29 is 4.18 Å². The highest BCUT2D eigenvalue weighted by molar-refractivity contribution is 9.11. The van der Waals surface area contributed by atoms with E-state index in [2.05, 4.69) is 36.7 Å². The van der Waals surface area contributed by atoms with Crippen LogP contribution in [-0.4, -0.2) is 22.2 Å². The monoisotopic (exact) mass is 295 g/mol. The van der Waals surface area contributed by atoms with Crippen LogP contribution in [0.25, 0.3) is 0 Å². The molecule has 0 aliphatic carbocycles. The fourth-order valence-corrected chi connectivity index (χ4v) is 2.20. The lowest BCUT2D eigenvalue weighted by Gasteiger charge is -2.31. The first-order valence-electron chi connectivity index (χ1n) is 6.49. The Balaban J connectivity index is 4.28. The third-order valence-electron chi connectivity index (χ3n) is 2.43. The molecule has 0 aliphatic heterocycles. The summed E-state index contributed by atoms with van der Waals surface area (Å²) >= 11 is 4.51. The molecule has 0 aliphatic rings. The minimum Gasteiger partial charge on any atom is -0.308 e. The van der Waals surface area contributed by atoms with Crippen LogP contribution in [0.5, 0.6) is 0 Å². The van der Waals surface area contributed by atoms with E-state index in [1.807, 2.05) is 11.1 Å². The van der Waals surface area contributed by atoms with Crippen molar-refractivity contribution >= 4 is 35.7 Å². The van der Waals surface area contributed by atoms with Crippen LogP contribution in [-0.2, 0) is 4.18 Å². The molecule has 0 heterocycles. The van der Waals surface area contributed by atoms with E-state index < -0.39 is 7.77 Å². The fraction of sp³-hybridized carbons (Fsp3) is 0.818. The molecular formula is C11H22BBrOS. The molecule has 0 unspecified atom stereocenters. The Kier molecular flexibility index (Phi) is 7.01. The summed E-state index contributed by atoms with van der Waals surface area (Å²) in [5, 5.41) is 0. The first-order chi connectivity index (χ1) is 7.94. The Morgan fingerprint density at radius 2 is 2.53 bits per heavy atom. The van der Waals surface area contributed by atoms with Gasteiger partial charge in [-0.2, -0.15) is 0 Å². The van der Waals surface area contributed by atoms with Gasteiger partial charge >= 0.3 is 0 Å². The van der Waals surface area contributed by atoms with E-state index in [-0.39, 0.29) is 11.5 Å². The standard InChI is InChI=1S/C11H22BBrOS/c1-4-5-7-11(2,3)10(6-8-13)14-15-9-12/h6,8,10H,4-5,7,9,12H2,1-3H3/t10-/m1/s1/i12TD. The van der Waals surface area contributed by atoms with E-state index in [1.165, 1.54) is 24.9 Å². The lowest BCUT2D eigenvalue weighted by molar-refractivity contribution is 0.124. The maximum atomic E-state index is 7.13. The van der Waals surface area contributed by atoms with Crippen molar-refractivity contribution in [2.24, 2.45) is 5.41 Å². The normalized spacial score (nSPS) is 16.3. The van der Waals surface area contributed by atoms with E-state index >= 15 is 0 Å². The topological polar surface area (TPSA) is 9.23 Å². The largest absolute Gasteiger partial charge is 0.308 e. The number of unbranched alkanes of at least 4 members (excludes halogenated alkanes) is 1. The average molecular weight is 296 g/mol. The summed E-state index contributed by atoms with van der Waals surface area (Å²) in [7, 11) is -0.827. The SMILES string of the molecule is [2H]B([3H])CSO[C@H](C=CBr)C(C)(C)CCCC. The van der Waals surface area contributed by atoms with Crippen molar-refractivity contribution in [3.05, 3.63) is 11.1 Å². The van der Waals surface area contributed by atoms with Gasteiger partial charge in [-0.25, -0.2) is 0 Å². The van der Waals surface area contributed by atoms with Crippen molar-refractivity contribution in [1.29, 1.82) is 2.67 Å². The Bertz CT molecular complexity index is 228. The van der Waals surface area contributed by atoms with Crippen LogP contribution in [0, 0.1) is 5.41 Å². The van der Waals surface area contributed by atoms with Crippen molar-refractivity contribution in [3.8, 4) is 0 Å². The fourth-order valence-electron chi connectivity index (χ4n) is 1.38. The zero-order chi connectivity index (χ0) is 13.3. The predicted molar refractivity (Wildman–Crippen MR) is 77.2 cm³/mol. The smallest absolute Gasteiger partial charge is 0.117 e. The molecule has 1 nitrogen and oxygen atoms in total. The minimum atomic E-state index is -0.827. The van der Waals surface area contributed by atoms with Gasteiger partial charge in [0.2, 0.25) is 0 Å². The molecule has 15 heavy (non-hydrogen) atoms. The molecule has 4 heteroatoms. The van der Waals surface area contributed by atoms with Gasteiger partial charge in [0.1, 0.15) is 7.77 Å². The summed E-state index contributed by atoms with van der Waals surface area (Å²) in [6, 6.07) is 0. The van der Waals surface area contributed by atoms with E-state index in [1.54, 1.807) is 0 Å². The minimum absolute atomic E-state index is 0.0113. The summed E-state index contributed by atoms with van der Waals surface area (Å²) in [6.45, 7) is 6.57. The highest BCUT2D eigenvalue weighted by Crippen LogP contribution is 2.33. The van der Waals surface area contributed by atoms with Crippen molar-refractivity contribution in [3.63, 3.8) is 0 Å². The molecule has 0 amide bonds. The van der Waals surface area contributed by atoms with Gasteiger partial charge < -0.3 is 4.18 Å². The van der Waals surface area contributed by atoms with Crippen LogP contribution >= 0.6 is 28.0 Å². The quantitative estimate of drug-likeness (QED) is 0.473. The van der Waals surface area contributed by atoms with Gasteiger partial charge in [-0.05, 0) is 43.3 Å². The highest BCUT2D eigenvalue weighted by atomic mass is 79.9. The van der Waals surface area contributed by atoms with Gasteiger partial charge in [0.15, 0.2) is 0 Å². The van der Waals surface area contributed by atoms with Gasteiger partial charge in [-0.15, -0.1) is 0 Å². The predicted octanol–water partition coefficient (Wildman–Crippen LogP) is 3.74. The van der Waals surface area contributed by atoms with Gasteiger partial charge in [0, 0.05) is 0 Å². The van der Waals surface area contributed by atoms with Gasteiger partial charge in [-0.3, -0.25) is 0 Å². The molecular weight excluding hydrogens is 271 g/mol. The molecule has 0 rings (SSSR count). The molecule has 0 bridgehead atoms. The lowest BCUT2D eigenvalue weighted by atomic mass is 9.81. The lowest BCUT2D eigenvalue weighted by Crippen LogP contribution is -2.28.